The lowest BCUT2D eigenvalue weighted by Crippen LogP contribution is -2.51. The van der Waals surface area contributed by atoms with Crippen LogP contribution >= 0.6 is 0 Å². The molecule has 3 aliphatic heterocycles. The Labute approximate surface area is 153 Å². The molecule has 2 bridgehead atoms. The molecule has 142 valence electrons. The van der Waals surface area contributed by atoms with E-state index in [0.29, 0.717) is 18.8 Å². The molecule has 0 aliphatic carbocycles. The van der Waals surface area contributed by atoms with Crippen LogP contribution in [0.3, 0.4) is 0 Å². The van der Waals surface area contributed by atoms with Crippen LogP contribution in [0.4, 0.5) is 0 Å². The van der Waals surface area contributed by atoms with Gasteiger partial charge in [0.05, 0.1) is 5.92 Å². The van der Waals surface area contributed by atoms with Gasteiger partial charge in [-0.15, -0.1) is 0 Å². The number of nitrogens with zero attached hydrogens (tertiary/aromatic N) is 4. The van der Waals surface area contributed by atoms with Gasteiger partial charge in [-0.05, 0) is 26.2 Å². The van der Waals surface area contributed by atoms with Crippen LogP contribution in [0.1, 0.15) is 41.5 Å². The fourth-order valence-electron chi connectivity index (χ4n) is 3.84. The maximum absolute atomic E-state index is 13.0. The summed E-state index contributed by atoms with van der Waals surface area (Å²) in [7, 11) is 3.37. The lowest BCUT2D eigenvalue weighted by Gasteiger charge is -2.35. The zero-order chi connectivity index (χ0) is 19.0. The van der Waals surface area contributed by atoms with Crippen LogP contribution in [0.2, 0.25) is 0 Å². The average molecular weight is 361 g/mol. The minimum Gasteiger partial charge on any atom is -0.347 e. The van der Waals surface area contributed by atoms with E-state index >= 15 is 0 Å². The summed E-state index contributed by atoms with van der Waals surface area (Å²) in [5.41, 5.74) is 2.27. The van der Waals surface area contributed by atoms with Crippen molar-refractivity contribution >= 4 is 17.7 Å². The fourth-order valence-corrected chi connectivity index (χ4v) is 3.84. The standard InChI is InChI=1S/C18H27N5O3/c1-5-14-11(2)16(20-19-14)18(26)22-8-12-6-7-13(9-22)23(17(12)25)10-15(24)21(3)4/h12-13H,5-10H2,1-4H3,(H,19,20)/t12-,13+/m0/s1. The molecule has 8 heteroatoms. The zero-order valence-electron chi connectivity index (χ0n) is 15.9. The Morgan fingerprint density at radius 1 is 1.27 bits per heavy atom. The molecule has 1 aromatic heterocycles. The summed E-state index contributed by atoms with van der Waals surface area (Å²) in [6, 6.07) is -0.112. The number of aryl methyl sites for hydroxylation is 1. The highest BCUT2D eigenvalue weighted by Gasteiger charge is 2.43. The third-order valence-corrected chi connectivity index (χ3v) is 5.55. The minimum atomic E-state index is -0.238. The molecule has 3 saturated heterocycles. The van der Waals surface area contributed by atoms with E-state index < -0.39 is 0 Å². The van der Waals surface area contributed by atoms with Crippen molar-refractivity contribution in [3.8, 4) is 0 Å². The van der Waals surface area contributed by atoms with Crippen LogP contribution in [0.5, 0.6) is 0 Å². The predicted octanol–water partition coefficient (Wildman–Crippen LogP) is 0.432. The first-order valence-corrected chi connectivity index (χ1v) is 9.17. The van der Waals surface area contributed by atoms with Crippen molar-refractivity contribution in [1.29, 1.82) is 0 Å². The summed E-state index contributed by atoms with van der Waals surface area (Å²) in [5, 5.41) is 7.13. The third kappa shape index (κ3) is 3.20. The molecular formula is C18H27N5O3. The van der Waals surface area contributed by atoms with Gasteiger partial charge in [-0.1, -0.05) is 6.92 Å². The topological polar surface area (TPSA) is 89.6 Å². The number of carbonyl (C=O) groups is 3. The Morgan fingerprint density at radius 3 is 2.62 bits per heavy atom. The van der Waals surface area contributed by atoms with Gasteiger partial charge in [0.2, 0.25) is 11.8 Å². The Bertz CT molecular complexity index is 726. The summed E-state index contributed by atoms with van der Waals surface area (Å²) in [6.45, 7) is 4.84. The molecule has 3 amide bonds. The van der Waals surface area contributed by atoms with E-state index in [4.69, 9.17) is 0 Å². The average Bonchev–Trinajstić information content (AvgIpc) is 2.79. The van der Waals surface area contributed by atoms with E-state index in [-0.39, 0.29) is 36.2 Å². The third-order valence-electron chi connectivity index (χ3n) is 5.55. The van der Waals surface area contributed by atoms with E-state index in [1.807, 2.05) is 13.8 Å². The molecule has 3 fully saturated rings. The molecule has 0 spiro atoms. The van der Waals surface area contributed by atoms with E-state index in [2.05, 4.69) is 10.2 Å². The molecule has 4 heterocycles. The number of likely N-dealkylation sites (N-methyl/N-ethyl adjacent to an activating group) is 1. The Morgan fingerprint density at radius 2 is 2.00 bits per heavy atom. The highest BCUT2D eigenvalue weighted by atomic mass is 16.2. The molecule has 0 aromatic carbocycles. The predicted molar refractivity (Wildman–Crippen MR) is 95.5 cm³/mol. The SMILES string of the molecule is CCc1[nH]nc(C(=O)N2C[C@@H]3CC[C@H](C2)N(CC(=O)N(C)C)C3=O)c1C. The molecule has 3 aliphatic rings. The number of aromatic amines is 1. The summed E-state index contributed by atoms with van der Waals surface area (Å²) in [6.07, 6.45) is 2.37. The molecule has 0 unspecified atom stereocenters. The number of rotatable bonds is 4. The number of fused-ring (bicyclic) bond motifs is 4. The molecule has 26 heavy (non-hydrogen) atoms. The van der Waals surface area contributed by atoms with Crippen molar-refractivity contribution in [2.75, 3.05) is 33.7 Å². The van der Waals surface area contributed by atoms with E-state index in [0.717, 1.165) is 30.5 Å². The molecule has 2 atom stereocenters. The number of aromatic nitrogens is 2. The number of hydrogen-bond acceptors (Lipinski definition) is 4. The molecule has 4 rings (SSSR count). The molecule has 8 nitrogen and oxygen atoms in total. The second-order valence-corrected chi connectivity index (χ2v) is 7.42. The maximum atomic E-state index is 13.0. The van der Waals surface area contributed by atoms with Crippen molar-refractivity contribution in [1.82, 2.24) is 24.9 Å². The maximum Gasteiger partial charge on any atom is 0.274 e. The Balaban J connectivity index is 1.80. The molecular weight excluding hydrogens is 334 g/mol. The first kappa shape index (κ1) is 18.4. The van der Waals surface area contributed by atoms with Crippen LogP contribution in [0.25, 0.3) is 0 Å². The summed E-state index contributed by atoms with van der Waals surface area (Å²) in [4.78, 5) is 42.8. The van der Waals surface area contributed by atoms with Gasteiger partial charge >= 0.3 is 0 Å². The van der Waals surface area contributed by atoms with Gasteiger partial charge in [-0.3, -0.25) is 19.5 Å². The summed E-state index contributed by atoms with van der Waals surface area (Å²) in [5.74, 6) is -0.485. The Kier molecular flexibility index (Phi) is 5.02. The largest absolute Gasteiger partial charge is 0.347 e. The summed E-state index contributed by atoms with van der Waals surface area (Å²) < 4.78 is 0. The van der Waals surface area contributed by atoms with Gasteiger partial charge < -0.3 is 14.7 Å². The second kappa shape index (κ2) is 7.09. The van der Waals surface area contributed by atoms with Crippen molar-refractivity contribution in [2.45, 2.75) is 39.2 Å². The lowest BCUT2D eigenvalue weighted by molar-refractivity contribution is -0.145. The van der Waals surface area contributed by atoms with Crippen molar-refractivity contribution in [3.05, 3.63) is 17.0 Å². The monoisotopic (exact) mass is 361 g/mol. The van der Waals surface area contributed by atoms with Crippen molar-refractivity contribution < 1.29 is 14.4 Å². The molecule has 0 saturated carbocycles. The highest BCUT2D eigenvalue weighted by Crippen LogP contribution is 2.30. The number of carbonyl (C=O) groups excluding carboxylic acids is 3. The van der Waals surface area contributed by atoms with Crippen LogP contribution < -0.4 is 0 Å². The normalized spacial score (nSPS) is 22.5. The molecule has 1 N–H and O–H groups in total. The molecule has 0 radical (unpaired) electrons. The first-order valence-electron chi connectivity index (χ1n) is 9.17. The van der Waals surface area contributed by atoms with Gasteiger partial charge in [0.1, 0.15) is 6.54 Å². The van der Waals surface area contributed by atoms with Crippen LogP contribution in [0.15, 0.2) is 0 Å². The fraction of sp³-hybridized carbons (Fsp3) is 0.667. The van der Waals surface area contributed by atoms with Crippen LogP contribution in [0, 0.1) is 12.8 Å². The van der Waals surface area contributed by atoms with Crippen molar-refractivity contribution in [2.24, 2.45) is 5.92 Å². The number of piperidine rings is 1. The van der Waals surface area contributed by atoms with Gasteiger partial charge in [0, 0.05) is 44.5 Å². The van der Waals surface area contributed by atoms with E-state index in [1.165, 1.54) is 4.90 Å². The number of hydrogen-bond donors (Lipinski definition) is 1. The molecule has 1 aromatic rings. The Hall–Kier alpha value is -2.38. The lowest BCUT2D eigenvalue weighted by atomic mass is 9.94. The van der Waals surface area contributed by atoms with Gasteiger partial charge in [0.15, 0.2) is 5.69 Å². The summed E-state index contributed by atoms with van der Waals surface area (Å²) >= 11 is 0. The van der Waals surface area contributed by atoms with Crippen molar-refractivity contribution in [3.63, 3.8) is 0 Å². The smallest absolute Gasteiger partial charge is 0.274 e. The second-order valence-electron chi connectivity index (χ2n) is 7.42. The van der Waals surface area contributed by atoms with E-state index in [1.54, 1.807) is 23.9 Å². The first-order chi connectivity index (χ1) is 12.3. The highest BCUT2D eigenvalue weighted by molar-refractivity contribution is 5.95. The van der Waals surface area contributed by atoms with Gasteiger partial charge in [-0.25, -0.2) is 0 Å². The number of H-pyrrole nitrogens is 1. The van der Waals surface area contributed by atoms with Crippen LogP contribution in [-0.4, -0.2) is 82.4 Å². The van der Waals surface area contributed by atoms with Crippen LogP contribution in [-0.2, 0) is 16.0 Å². The zero-order valence-corrected chi connectivity index (χ0v) is 15.9. The quantitative estimate of drug-likeness (QED) is 0.842. The van der Waals surface area contributed by atoms with Gasteiger partial charge in [0.25, 0.3) is 5.91 Å². The van der Waals surface area contributed by atoms with E-state index in [9.17, 15) is 14.4 Å². The number of amides is 3. The number of nitrogens with one attached hydrogen (secondary N) is 1. The van der Waals surface area contributed by atoms with Gasteiger partial charge in [-0.2, -0.15) is 5.10 Å². The minimum absolute atomic E-state index is 0.0141.